The van der Waals surface area contributed by atoms with Gasteiger partial charge in [-0.2, -0.15) is 0 Å². The number of β-lactam (4-membered cyclic amide) rings is 1. The fraction of sp³-hybridized carbons (Fsp3) is 0.421. The summed E-state index contributed by atoms with van der Waals surface area (Å²) in [6, 6.07) is -0.962. The monoisotopic (exact) mass is 581 g/mol. The number of rotatable bonds is 11. The van der Waals surface area contributed by atoms with Gasteiger partial charge in [-0.15, -0.1) is 34.6 Å². The number of carboxylic acid groups (broad SMARTS) is 2. The zero-order valence-electron chi connectivity index (χ0n) is 19.2. The number of nitrogens with zero attached hydrogens (tertiary/aromatic N) is 7. The average molecular weight is 582 g/mol. The number of nitrogen functional groups attached to an aromatic ring is 1. The number of fused-ring (bicyclic) bond motifs is 1. The lowest BCUT2D eigenvalue weighted by molar-refractivity contribution is -0.157. The fourth-order valence-corrected chi connectivity index (χ4v) is 6.84. The third kappa shape index (κ3) is 5.51. The van der Waals surface area contributed by atoms with Gasteiger partial charge in [0.05, 0.1) is 0 Å². The molecule has 2 unspecified atom stereocenters. The van der Waals surface area contributed by atoms with Gasteiger partial charge >= 0.3 is 11.9 Å². The normalized spacial score (nSPS) is 22.7. The highest BCUT2D eigenvalue weighted by atomic mass is 32.2. The van der Waals surface area contributed by atoms with E-state index in [0.717, 1.165) is 23.1 Å². The molecular weight excluding hydrogens is 562 g/mol. The molecule has 0 saturated carbocycles. The predicted molar refractivity (Wildman–Crippen MR) is 134 cm³/mol. The van der Waals surface area contributed by atoms with E-state index in [0.29, 0.717) is 5.16 Å². The molecule has 38 heavy (non-hydrogen) atoms. The predicted octanol–water partition coefficient (Wildman–Crippen LogP) is -1.59. The number of carbonyl (C=O) groups is 4. The summed E-state index contributed by atoms with van der Waals surface area (Å²) in [5.41, 5.74) is 4.02. The molecule has 0 radical (unpaired) electrons. The number of carboxylic acids is 2. The van der Waals surface area contributed by atoms with Crippen LogP contribution in [-0.4, -0.2) is 106 Å². The van der Waals surface area contributed by atoms with Gasteiger partial charge in [0, 0.05) is 23.4 Å². The van der Waals surface area contributed by atoms with Crippen LogP contribution >= 0.6 is 34.9 Å². The molecule has 2 saturated heterocycles. The molecule has 5 N–H and O–H groups in total. The Balaban J connectivity index is 1.43. The number of oxime groups is 1. The molecule has 2 aromatic rings. The van der Waals surface area contributed by atoms with Gasteiger partial charge < -0.3 is 31.0 Å². The highest BCUT2D eigenvalue weighted by Gasteiger charge is 2.57. The number of thiazole rings is 1. The van der Waals surface area contributed by atoms with Gasteiger partial charge in [-0.1, -0.05) is 22.8 Å². The molecule has 2 fully saturated rings. The fourth-order valence-electron chi connectivity index (χ4n) is 3.56. The van der Waals surface area contributed by atoms with Crippen molar-refractivity contribution in [3.05, 3.63) is 11.1 Å². The number of aromatic nitrogens is 5. The molecule has 4 rings (SSSR count). The number of anilines is 1. The standard InChI is InChI=1S/C19H19N9O7S3/c1-2-3-28-18(23-25-26-28)38-8-19(16(33)34)6-27-14(32)12(15(27)37-7-19)22-13(31)11(24-35-4-10(29)30)9-5-36-17(20)21-9/h1,5,12,15H,3-4,6-8H2,(H2,20,21)(H,22,31)(H,29,30)(H,33,34)/t12?,15-,19?/m1/s1. The van der Waals surface area contributed by atoms with Crippen LogP contribution in [0.4, 0.5) is 5.13 Å². The van der Waals surface area contributed by atoms with Crippen molar-refractivity contribution >= 4 is 69.5 Å². The summed E-state index contributed by atoms with van der Waals surface area (Å²) in [7, 11) is 0. The van der Waals surface area contributed by atoms with Crippen molar-refractivity contribution in [2.75, 3.05) is 30.4 Å². The first-order valence-electron chi connectivity index (χ1n) is 10.6. The zero-order valence-corrected chi connectivity index (χ0v) is 21.7. The summed E-state index contributed by atoms with van der Waals surface area (Å²) < 4.78 is 1.37. The Bertz CT molecular complexity index is 1340. The Morgan fingerprint density at radius 2 is 2.21 bits per heavy atom. The molecule has 3 atom stereocenters. The number of amides is 2. The quantitative estimate of drug-likeness (QED) is 0.0771. The average Bonchev–Trinajstić information content (AvgIpc) is 3.52. The minimum Gasteiger partial charge on any atom is -0.481 e. The van der Waals surface area contributed by atoms with Crippen LogP contribution in [0.3, 0.4) is 0 Å². The highest BCUT2D eigenvalue weighted by Crippen LogP contribution is 2.44. The largest absolute Gasteiger partial charge is 0.481 e. The van der Waals surface area contributed by atoms with Crippen LogP contribution in [0.25, 0.3) is 0 Å². The molecule has 0 aromatic carbocycles. The van der Waals surface area contributed by atoms with Crippen LogP contribution in [0.5, 0.6) is 0 Å². The SMILES string of the molecule is C#CCn1nnnc1SCC1(C(=O)O)CS[C@@H]2C(NC(=O)C(=NOCC(=O)O)c3csc(N)n3)C(=O)N2C1. The van der Waals surface area contributed by atoms with Gasteiger partial charge in [0.1, 0.15) is 29.1 Å². The molecule has 200 valence electrons. The summed E-state index contributed by atoms with van der Waals surface area (Å²) in [6.07, 6.45) is 5.30. The first-order valence-corrected chi connectivity index (χ1v) is 13.5. The molecule has 2 amide bonds. The minimum atomic E-state index is -1.30. The van der Waals surface area contributed by atoms with Crippen molar-refractivity contribution in [3.8, 4) is 12.3 Å². The summed E-state index contributed by atoms with van der Waals surface area (Å²) in [6.45, 7) is -0.756. The lowest BCUT2D eigenvalue weighted by Gasteiger charge is -2.53. The molecule has 0 bridgehead atoms. The summed E-state index contributed by atoms with van der Waals surface area (Å²) in [4.78, 5) is 58.9. The van der Waals surface area contributed by atoms with Crippen LogP contribution in [0.1, 0.15) is 5.69 Å². The Kier molecular flexibility index (Phi) is 8.03. The number of hydrogen-bond acceptors (Lipinski definition) is 14. The summed E-state index contributed by atoms with van der Waals surface area (Å²) >= 11 is 3.36. The Morgan fingerprint density at radius 1 is 1.42 bits per heavy atom. The number of thioether (sulfide) groups is 2. The molecule has 2 aromatic heterocycles. The maximum atomic E-state index is 12.9. The molecule has 2 aliphatic rings. The van der Waals surface area contributed by atoms with E-state index in [-0.39, 0.29) is 41.1 Å². The van der Waals surface area contributed by atoms with Crippen molar-refractivity contribution < 1.29 is 34.2 Å². The van der Waals surface area contributed by atoms with Crippen molar-refractivity contribution in [1.82, 2.24) is 35.4 Å². The van der Waals surface area contributed by atoms with Gasteiger partial charge in [0.15, 0.2) is 10.8 Å². The molecule has 2 aliphatic heterocycles. The third-order valence-electron chi connectivity index (χ3n) is 5.43. The summed E-state index contributed by atoms with van der Waals surface area (Å²) in [5.74, 6) is -1.05. The lowest BCUT2D eigenvalue weighted by Crippen LogP contribution is -2.74. The zero-order chi connectivity index (χ0) is 27.4. The van der Waals surface area contributed by atoms with E-state index >= 15 is 0 Å². The van der Waals surface area contributed by atoms with Crippen LogP contribution < -0.4 is 11.1 Å². The van der Waals surface area contributed by atoms with Gasteiger partial charge in [-0.05, 0) is 10.4 Å². The van der Waals surface area contributed by atoms with E-state index in [9.17, 15) is 24.3 Å². The highest BCUT2D eigenvalue weighted by molar-refractivity contribution is 8.00. The van der Waals surface area contributed by atoms with Crippen molar-refractivity contribution in [2.45, 2.75) is 23.1 Å². The molecule has 0 aliphatic carbocycles. The van der Waals surface area contributed by atoms with Crippen LogP contribution in [-0.2, 0) is 30.6 Å². The van der Waals surface area contributed by atoms with E-state index in [1.54, 1.807) is 0 Å². The maximum Gasteiger partial charge on any atom is 0.344 e. The lowest BCUT2D eigenvalue weighted by atomic mass is 9.89. The number of tetrazole rings is 1. The Morgan fingerprint density at radius 3 is 2.87 bits per heavy atom. The molecular formula is C19H19N9O7S3. The Hall–Kier alpha value is -3.89. The first-order chi connectivity index (χ1) is 18.1. The summed E-state index contributed by atoms with van der Waals surface area (Å²) in [5, 5.41) is 37.5. The Labute approximate surface area is 226 Å². The van der Waals surface area contributed by atoms with Gasteiger partial charge in [0.2, 0.25) is 17.7 Å². The number of carbonyl (C=O) groups excluding carboxylic acids is 2. The number of aliphatic carboxylic acids is 2. The van der Waals surface area contributed by atoms with Crippen LogP contribution in [0.2, 0.25) is 0 Å². The molecule has 4 heterocycles. The minimum absolute atomic E-state index is 0.0457. The van der Waals surface area contributed by atoms with E-state index in [1.807, 2.05) is 0 Å². The molecule has 16 nitrogen and oxygen atoms in total. The second kappa shape index (κ2) is 11.2. The van der Waals surface area contributed by atoms with E-state index in [2.05, 4.69) is 36.9 Å². The second-order valence-corrected chi connectivity index (χ2v) is 10.9. The van der Waals surface area contributed by atoms with Crippen molar-refractivity contribution in [2.24, 2.45) is 10.6 Å². The van der Waals surface area contributed by atoms with E-state index in [4.69, 9.17) is 22.1 Å². The van der Waals surface area contributed by atoms with Crippen molar-refractivity contribution in [3.63, 3.8) is 0 Å². The van der Waals surface area contributed by atoms with E-state index < -0.39 is 47.2 Å². The second-order valence-electron chi connectivity index (χ2n) is 7.99. The van der Waals surface area contributed by atoms with Gasteiger partial charge in [-0.25, -0.2) is 14.5 Å². The van der Waals surface area contributed by atoms with Gasteiger partial charge in [-0.3, -0.25) is 14.4 Å². The maximum absolute atomic E-state index is 12.9. The van der Waals surface area contributed by atoms with Crippen LogP contribution in [0.15, 0.2) is 15.7 Å². The third-order valence-corrected chi connectivity index (χ3v) is 8.94. The number of nitrogens with two attached hydrogens (primary N) is 1. The van der Waals surface area contributed by atoms with E-state index in [1.165, 1.54) is 26.7 Å². The number of hydrogen-bond donors (Lipinski definition) is 4. The van der Waals surface area contributed by atoms with Crippen LogP contribution in [0, 0.1) is 17.8 Å². The molecule has 0 spiro atoms. The smallest absolute Gasteiger partial charge is 0.344 e. The first kappa shape index (κ1) is 27.2. The van der Waals surface area contributed by atoms with Gasteiger partial charge in [0.25, 0.3) is 5.91 Å². The molecule has 19 heteroatoms. The van der Waals surface area contributed by atoms with Crippen molar-refractivity contribution in [1.29, 1.82) is 0 Å². The number of terminal acetylenes is 1. The number of nitrogens with one attached hydrogen (secondary N) is 1. The topological polar surface area (TPSA) is 228 Å².